The van der Waals surface area contributed by atoms with Gasteiger partial charge in [0.2, 0.25) is 0 Å². The predicted molar refractivity (Wildman–Crippen MR) is 109 cm³/mol. The number of benzene rings is 1. The van der Waals surface area contributed by atoms with Crippen molar-refractivity contribution >= 4 is 5.96 Å². The molecule has 6 heteroatoms. The van der Waals surface area contributed by atoms with E-state index >= 15 is 0 Å². The van der Waals surface area contributed by atoms with Crippen molar-refractivity contribution in [1.82, 2.24) is 15.8 Å². The summed E-state index contributed by atoms with van der Waals surface area (Å²) in [7, 11) is 0. The lowest BCUT2D eigenvalue weighted by molar-refractivity contribution is 0.0617. The number of nitrogens with one attached hydrogen (secondary N) is 2. The number of aromatic nitrogens is 1. The number of guanidine groups is 1. The Balaban J connectivity index is 2.00. The van der Waals surface area contributed by atoms with Crippen LogP contribution in [0.1, 0.15) is 63.5 Å². The summed E-state index contributed by atoms with van der Waals surface area (Å²) in [6.07, 6.45) is 2.09. The van der Waals surface area contributed by atoms with E-state index in [0.29, 0.717) is 25.0 Å². The van der Waals surface area contributed by atoms with E-state index in [1.54, 1.807) is 6.92 Å². The van der Waals surface area contributed by atoms with E-state index in [1.165, 1.54) is 0 Å². The summed E-state index contributed by atoms with van der Waals surface area (Å²) in [6, 6.07) is 11.6. The van der Waals surface area contributed by atoms with Crippen LogP contribution < -0.4 is 10.6 Å². The molecule has 148 valence electrons. The first-order valence-corrected chi connectivity index (χ1v) is 9.75. The fraction of sp³-hybridized carbons (Fsp3) is 0.524. The van der Waals surface area contributed by atoms with Crippen molar-refractivity contribution in [1.29, 1.82) is 0 Å². The summed E-state index contributed by atoms with van der Waals surface area (Å²) in [5, 5.41) is 21.3. The van der Waals surface area contributed by atoms with E-state index in [1.807, 2.05) is 43.3 Å². The molecule has 2 rings (SSSR count). The van der Waals surface area contributed by atoms with Gasteiger partial charge in [0.25, 0.3) is 0 Å². The number of rotatable bonds is 9. The molecule has 0 amide bonds. The minimum absolute atomic E-state index is 0.345. The van der Waals surface area contributed by atoms with E-state index < -0.39 is 5.60 Å². The molecular weight excluding hydrogens is 340 g/mol. The average molecular weight is 373 g/mol. The molecule has 6 nitrogen and oxygen atoms in total. The summed E-state index contributed by atoms with van der Waals surface area (Å²) < 4.78 is 5.43. The largest absolute Gasteiger partial charge is 0.384 e. The molecule has 0 aliphatic rings. The maximum Gasteiger partial charge on any atom is 0.191 e. The summed E-state index contributed by atoms with van der Waals surface area (Å²) in [5.41, 5.74) is 0.861. The third-order valence-corrected chi connectivity index (χ3v) is 4.71. The highest BCUT2D eigenvalue weighted by atomic mass is 16.5. The molecule has 1 unspecified atom stereocenters. The molecule has 1 atom stereocenters. The van der Waals surface area contributed by atoms with Gasteiger partial charge in [-0.2, -0.15) is 0 Å². The fourth-order valence-electron chi connectivity index (χ4n) is 2.96. The van der Waals surface area contributed by atoms with Crippen LogP contribution in [0.4, 0.5) is 0 Å². The Hall–Kier alpha value is -2.34. The van der Waals surface area contributed by atoms with Gasteiger partial charge in [0.1, 0.15) is 12.1 Å². The second-order valence-electron chi connectivity index (χ2n) is 6.92. The van der Waals surface area contributed by atoms with Gasteiger partial charge in [-0.1, -0.05) is 49.3 Å². The average Bonchev–Trinajstić information content (AvgIpc) is 3.14. The Morgan fingerprint density at radius 3 is 2.52 bits per heavy atom. The first-order chi connectivity index (χ1) is 13.0. The first kappa shape index (κ1) is 21.0. The van der Waals surface area contributed by atoms with E-state index in [0.717, 1.165) is 36.4 Å². The molecule has 1 heterocycles. The monoisotopic (exact) mass is 372 g/mol. The van der Waals surface area contributed by atoms with Crippen molar-refractivity contribution in [2.45, 2.75) is 58.6 Å². The van der Waals surface area contributed by atoms with E-state index in [-0.39, 0.29) is 0 Å². The molecule has 0 fully saturated rings. The van der Waals surface area contributed by atoms with Gasteiger partial charge in [0.15, 0.2) is 11.7 Å². The van der Waals surface area contributed by atoms with Crippen LogP contribution in [0.5, 0.6) is 0 Å². The van der Waals surface area contributed by atoms with Crippen LogP contribution in [0, 0.1) is 0 Å². The number of aliphatic imine (C=N–C) groups is 1. The molecule has 2 aromatic rings. The summed E-state index contributed by atoms with van der Waals surface area (Å²) in [5.74, 6) is 1.80. The Kier molecular flexibility index (Phi) is 7.85. The van der Waals surface area contributed by atoms with Crippen LogP contribution in [0.2, 0.25) is 0 Å². The molecule has 0 saturated carbocycles. The molecule has 27 heavy (non-hydrogen) atoms. The second-order valence-corrected chi connectivity index (χ2v) is 6.92. The van der Waals surface area contributed by atoms with Crippen molar-refractivity contribution in [3.63, 3.8) is 0 Å². The molecule has 0 aliphatic heterocycles. The molecule has 0 spiro atoms. The molecule has 1 aromatic carbocycles. The highest BCUT2D eigenvalue weighted by Gasteiger charge is 2.23. The Labute approximate surface area is 162 Å². The summed E-state index contributed by atoms with van der Waals surface area (Å²) in [6.45, 7) is 9.59. The lowest BCUT2D eigenvalue weighted by Crippen LogP contribution is -2.44. The smallest absolute Gasteiger partial charge is 0.191 e. The standard InChI is InChI=1S/C21H32N4O2/c1-5-16(6-2)19-13-18(27-25-19)14-23-20(22-7-3)24-15-21(4,26)17-11-9-8-10-12-17/h8-13,16,26H,5-7,14-15H2,1-4H3,(H2,22,23,24). The van der Waals surface area contributed by atoms with Crippen molar-refractivity contribution in [3.8, 4) is 0 Å². The third kappa shape index (κ3) is 6.10. The first-order valence-electron chi connectivity index (χ1n) is 9.75. The maximum atomic E-state index is 10.7. The SMILES string of the molecule is CCNC(=NCc1cc(C(CC)CC)no1)NCC(C)(O)c1ccccc1. The van der Waals surface area contributed by atoms with Gasteiger partial charge in [-0.3, -0.25) is 0 Å². The zero-order chi connectivity index (χ0) is 19.7. The zero-order valence-corrected chi connectivity index (χ0v) is 16.8. The zero-order valence-electron chi connectivity index (χ0n) is 16.8. The van der Waals surface area contributed by atoms with Gasteiger partial charge in [0.05, 0.1) is 12.2 Å². The van der Waals surface area contributed by atoms with Crippen LogP contribution in [0.25, 0.3) is 0 Å². The Bertz CT molecular complexity index is 706. The minimum Gasteiger partial charge on any atom is -0.384 e. The van der Waals surface area contributed by atoms with Gasteiger partial charge >= 0.3 is 0 Å². The van der Waals surface area contributed by atoms with Crippen LogP contribution in [0.15, 0.2) is 45.9 Å². The maximum absolute atomic E-state index is 10.7. The van der Waals surface area contributed by atoms with Gasteiger partial charge in [-0.15, -0.1) is 0 Å². The van der Waals surface area contributed by atoms with Crippen molar-refractivity contribution < 1.29 is 9.63 Å². The number of nitrogens with zero attached hydrogens (tertiary/aromatic N) is 2. The van der Waals surface area contributed by atoms with Crippen molar-refractivity contribution in [2.75, 3.05) is 13.1 Å². The van der Waals surface area contributed by atoms with Crippen LogP contribution in [0.3, 0.4) is 0 Å². The third-order valence-electron chi connectivity index (χ3n) is 4.71. The van der Waals surface area contributed by atoms with Gasteiger partial charge in [-0.05, 0) is 32.3 Å². The summed E-state index contributed by atoms with van der Waals surface area (Å²) >= 11 is 0. The number of aliphatic hydroxyl groups is 1. The number of hydrogen-bond donors (Lipinski definition) is 3. The quantitative estimate of drug-likeness (QED) is 0.463. The van der Waals surface area contributed by atoms with Gasteiger partial charge in [0, 0.05) is 18.5 Å². The van der Waals surface area contributed by atoms with Crippen LogP contribution in [-0.4, -0.2) is 29.3 Å². The molecule has 3 N–H and O–H groups in total. The van der Waals surface area contributed by atoms with E-state index in [9.17, 15) is 5.11 Å². The Morgan fingerprint density at radius 1 is 1.19 bits per heavy atom. The molecule has 0 saturated heterocycles. The van der Waals surface area contributed by atoms with Crippen molar-refractivity contribution in [2.24, 2.45) is 4.99 Å². The van der Waals surface area contributed by atoms with Gasteiger partial charge < -0.3 is 20.3 Å². The highest BCUT2D eigenvalue weighted by Crippen LogP contribution is 2.22. The summed E-state index contributed by atoms with van der Waals surface area (Å²) in [4.78, 5) is 4.55. The van der Waals surface area contributed by atoms with Crippen LogP contribution in [-0.2, 0) is 12.1 Å². The molecule has 0 aliphatic carbocycles. The number of hydrogen-bond acceptors (Lipinski definition) is 4. The topological polar surface area (TPSA) is 82.7 Å². The predicted octanol–water partition coefficient (Wildman–Crippen LogP) is 3.54. The minimum atomic E-state index is -0.994. The van der Waals surface area contributed by atoms with Crippen molar-refractivity contribution in [3.05, 3.63) is 53.4 Å². The molecule has 0 bridgehead atoms. The molecule has 1 aromatic heterocycles. The fourth-order valence-corrected chi connectivity index (χ4v) is 2.96. The molecular formula is C21H32N4O2. The lowest BCUT2D eigenvalue weighted by Gasteiger charge is -2.25. The lowest BCUT2D eigenvalue weighted by atomic mass is 9.96. The van der Waals surface area contributed by atoms with E-state index in [4.69, 9.17) is 4.52 Å². The Morgan fingerprint density at radius 2 is 1.89 bits per heavy atom. The van der Waals surface area contributed by atoms with E-state index in [2.05, 4.69) is 34.6 Å². The van der Waals surface area contributed by atoms with Gasteiger partial charge in [-0.25, -0.2) is 4.99 Å². The normalized spacial score (nSPS) is 14.2. The highest BCUT2D eigenvalue weighted by molar-refractivity contribution is 5.79. The van der Waals surface area contributed by atoms with Crippen LogP contribution >= 0.6 is 0 Å². The molecule has 0 radical (unpaired) electrons. The second kappa shape index (κ2) is 10.1.